The van der Waals surface area contributed by atoms with E-state index in [-0.39, 0.29) is 5.54 Å². The van der Waals surface area contributed by atoms with Gasteiger partial charge in [0.2, 0.25) is 0 Å². The zero-order valence-electron chi connectivity index (χ0n) is 10.7. The number of nitrogens with one attached hydrogen (secondary N) is 1. The minimum absolute atomic E-state index is 0.339. The number of halogens is 2. The quantitative estimate of drug-likeness (QED) is 0.768. The summed E-state index contributed by atoms with van der Waals surface area (Å²) in [6.45, 7) is 0. The van der Waals surface area contributed by atoms with Crippen LogP contribution in [0.3, 0.4) is 0 Å². The normalized spacial score (nSPS) is 19.5. The van der Waals surface area contributed by atoms with Crippen LogP contribution in [0.15, 0.2) is 12.1 Å². The first kappa shape index (κ1) is 13.2. The summed E-state index contributed by atoms with van der Waals surface area (Å²) in [4.78, 5) is 7.95. The second kappa shape index (κ2) is 4.97. The number of nitrogens with zero attached hydrogens (tertiary/aromatic N) is 1. The molecule has 1 aromatic heterocycles. The number of imidazole rings is 1. The van der Waals surface area contributed by atoms with E-state index >= 15 is 0 Å². The van der Waals surface area contributed by atoms with Gasteiger partial charge in [0, 0.05) is 0 Å². The number of hydrogen-bond donors (Lipinski definition) is 2. The Hall–Kier alpha value is -0.770. The van der Waals surface area contributed by atoms with Crippen LogP contribution in [0, 0.1) is 0 Å². The van der Waals surface area contributed by atoms with Crippen LogP contribution in [0.4, 0.5) is 0 Å². The molecule has 1 saturated carbocycles. The average Bonchev–Trinajstić information content (AvgIpc) is 2.64. The van der Waals surface area contributed by atoms with Crippen LogP contribution < -0.4 is 5.73 Å². The third-order valence-corrected chi connectivity index (χ3v) is 4.71. The van der Waals surface area contributed by atoms with Crippen molar-refractivity contribution in [3.8, 4) is 0 Å². The molecule has 3 nitrogen and oxygen atoms in total. The van der Waals surface area contributed by atoms with Crippen LogP contribution >= 0.6 is 23.2 Å². The summed E-state index contributed by atoms with van der Waals surface area (Å²) in [5.74, 6) is 0.864. The van der Waals surface area contributed by atoms with Crippen molar-refractivity contribution in [2.45, 2.75) is 44.1 Å². The zero-order chi connectivity index (χ0) is 13.5. The van der Waals surface area contributed by atoms with Gasteiger partial charge in [-0.15, -0.1) is 0 Å². The van der Waals surface area contributed by atoms with Crippen molar-refractivity contribution in [3.05, 3.63) is 28.0 Å². The smallest absolute Gasteiger partial charge is 0.127 e. The van der Waals surface area contributed by atoms with Crippen molar-refractivity contribution in [2.24, 2.45) is 5.73 Å². The highest BCUT2D eigenvalue weighted by Crippen LogP contribution is 2.34. The molecule has 1 aliphatic rings. The van der Waals surface area contributed by atoms with Crippen molar-refractivity contribution in [2.75, 3.05) is 0 Å². The molecule has 1 fully saturated rings. The highest BCUT2D eigenvalue weighted by atomic mass is 35.5. The predicted octanol–water partition coefficient (Wildman–Crippen LogP) is 4.38. The minimum atomic E-state index is -0.339. The molecular formula is C14H17Cl2N3. The third kappa shape index (κ3) is 2.47. The SMILES string of the molecule is NC1(c2nc3cc(Cl)c(Cl)cc3[nH]2)CCCCCC1. The fraction of sp³-hybridized carbons (Fsp3) is 0.500. The van der Waals surface area contributed by atoms with E-state index in [1.165, 1.54) is 12.8 Å². The summed E-state index contributed by atoms with van der Waals surface area (Å²) in [5.41, 5.74) is 7.96. The maximum atomic E-state index is 6.56. The van der Waals surface area contributed by atoms with Gasteiger partial charge >= 0.3 is 0 Å². The monoisotopic (exact) mass is 297 g/mol. The molecule has 0 radical (unpaired) electrons. The topological polar surface area (TPSA) is 54.7 Å². The molecule has 3 N–H and O–H groups in total. The summed E-state index contributed by atoms with van der Waals surface area (Å²) in [6.07, 6.45) is 6.81. The molecule has 1 heterocycles. The molecule has 0 saturated heterocycles. The van der Waals surface area contributed by atoms with E-state index in [1.54, 1.807) is 6.07 Å². The van der Waals surface area contributed by atoms with Crippen molar-refractivity contribution < 1.29 is 0 Å². The number of aromatic nitrogens is 2. The Kier molecular flexibility index (Phi) is 3.46. The largest absolute Gasteiger partial charge is 0.340 e. The van der Waals surface area contributed by atoms with Gasteiger partial charge in [-0.1, -0.05) is 48.9 Å². The number of H-pyrrole nitrogens is 1. The van der Waals surface area contributed by atoms with Crippen molar-refractivity contribution >= 4 is 34.2 Å². The van der Waals surface area contributed by atoms with Gasteiger partial charge in [0.1, 0.15) is 5.82 Å². The van der Waals surface area contributed by atoms with Crippen LogP contribution in [-0.4, -0.2) is 9.97 Å². The van der Waals surface area contributed by atoms with E-state index in [0.717, 1.165) is 42.5 Å². The van der Waals surface area contributed by atoms with Crippen molar-refractivity contribution in [1.82, 2.24) is 9.97 Å². The molecule has 19 heavy (non-hydrogen) atoms. The van der Waals surface area contributed by atoms with E-state index < -0.39 is 0 Å². The summed E-state index contributed by atoms with van der Waals surface area (Å²) >= 11 is 12.1. The molecule has 0 spiro atoms. The number of hydrogen-bond acceptors (Lipinski definition) is 2. The van der Waals surface area contributed by atoms with Crippen molar-refractivity contribution in [1.29, 1.82) is 0 Å². The van der Waals surface area contributed by atoms with Gasteiger partial charge in [0.25, 0.3) is 0 Å². The van der Waals surface area contributed by atoms with Crippen LogP contribution in [0.5, 0.6) is 0 Å². The van der Waals surface area contributed by atoms with Crippen LogP contribution in [0.1, 0.15) is 44.3 Å². The predicted molar refractivity (Wildman–Crippen MR) is 79.7 cm³/mol. The fourth-order valence-electron chi connectivity index (χ4n) is 2.84. The van der Waals surface area contributed by atoms with Gasteiger partial charge in [-0.25, -0.2) is 4.98 Å². The Bertz CT molecular complexity index is 559. The second-order valence-corrected chi connectivity index (χ2v) is 6.25. The summed E-state index contributed by atoms with van der Waals surface area (Å²) in [7, 11) is 0. The van der Waals surface area contributed by atoms with Crippen molar-refractivity contribution in [3.63, 3.8) is 0 Å². The van der Waals surface area contributed by atoms with Gasteiger partial charge in [0.15, 0.2) is 0 Å². The van der Waals surface area contributed by atoms with Gasteiger partial charge in [0.05, 0.1) is 26.6 Å². The molecule has 0 unspecified atom stereocenters. The van der Waals surface area contributed by atoms with Gasteiger partial charge in [-0.3, -0.25) is 0 Å². The van der Waals surface area contributed by atoms with Crippen LogP contribution in [0.25, 0.3) is 11.0 Å². The maximum absolute atomic E-state index is 6.56. The summed E-state index contributed by atoms with van der Waals surface area (Å²) in [6, 6.07) is 3.61. The average molecular weight is 298 g/mol. The number of nitrogens with two attached hydrogens (primary N) is 1. The third-order valence-electron chi connectivity index (χ3n) is 3.99. The van der Waals surface area contributed by atoms with Gasteiger partial charge in [-0.05, 0) is 25.0 Å². The molecule has 102 valence electrons. The number of aromatic amines is 1. The van der Waals surface area contributed by atoms with E-state index in [9.17, 15) is 0 Å². The fourth-order valence-corrected chi connectivity index (χ4v) is 3.16. The maximum Gasteiger partial charge on any atom is 0.127 e. The first-order chi connectivity index (χ1) is 9.08. The highest BCUT2D eigenvalue weighted by molar-refractivity contribution is 6.42. The lowest BCUT2D eigenvalue weighted by Crippen LogP contribution is -2.37. The summed E-state index contributed by atoms with van der Waals surface area (Å²) < 4.78 is 0. The lowest BCUT2D eigenvalue weighted by molar-refractivity contribution is 0.366. The Balaban J connectivity index is 2.04. The zero-order valence-corrected chi connectivity index (χ0v) is 12.2. The van der Waals surface area contributed by atoms with Crippen LogP contribution in [-0.2, 0) is 5.54 Å². The van der Waals surface area contributed by atoms with Gasteiger partial charge in [-0.2, -0.15) is 0 Å². The molecular weight excluding hydrogens is 281 g/mol. The molecule has 0 amide bonds. The Morgan fingerprint density at radius 3 is 2.37 bits per heavy atom. The second-order valence-electron chi connectivity index (χ2n) is 5.44. The minimum Gasteiger partial charge on any atom is -0.340 e. The lowest BCUT2D eigenvalue weighted by atomic mass is 9.91. The van der Waals surface area contributed by atoms with E-state index in [0.29, 0.717) is 10.0 Å². The molecule has 0 bridgehead atoms. The van der Waals surface area contributed by atoms with Crippen LogP contribution in [0.2, 0.25) is 10.0 Å². The van der Waals surface area contributed by atoms with E-state index in [4.69, 9.17) is 28.9 Å². The Morgan fingerprint density at radius 1 is 1.05 bits per heavy atom. The summed E-state index contributed by atoms with van der Waals surface area (Å²) in [5, 5.41) is 1.07. The molecule has 0 aliphatic heterocycles. The lowest BCUT2D eigenvalue weighted by Gasteiger charge is -2.25. The Morgan fingerprint density at radius 2 is 1.68 bits per heavy atom. The number of rotatable bonds is 1. The molecule has 1 aliphatic carbocycles. The number of fused-ring (bicyclic) bond motifs is 1. The molecule has 0 atom stereocenters. The highest BCUT2D eigenvalue weighted by Gasteiger charge is 2.31. The first-order valence-corrected chi connectivity index (χ1v) is 7.48. The molecule has 2 aromatic rings. The molecule has 3 rings (SSSR count). The van der Waals surface area contributed by atoms with Gasteiger partial charge < -0.3 is 10.7 Å². The Labute approximate surface area is 122 Å². The molecule has 1 aromatic carbocycles. The first-order valence-electron chi connectivity index (χ1n) is 6.73. The number of benzene rings is 1. The van der Waals surface area contributed by atoms with E-state index in [2.05, 4.69) is 9.97 Å². The standard InChI is InChI=1S/C14H17Cl2N3/c15-9-7-11-12(8-10(9)16)19-13(18-11)14(17)5-3-1-2-4-6-14/h7-8H,1-6,17H2,(H,18,19). The van der Waals surface area contributed by atoms with E-state index in [1.807, 2.05) is 6.07 Å². The molecule has 5 heteroatoms.